The molecule has 108 valence electrons. The van der Waals surface area contributed by atoms with Crippen LogP contribution in [0.15, 0.2) is 42.5 Å². The summed E-state index contributed by atoms with van der Waals surface area (Å²) in [5, 5.41) is 19.2. The number of fused-ring (bicyclic) bond motifs is 3. The zero-order valence-electron chi connectivity index (χ0n) is 11.7. The van der Waals surface area contributed by atoms with Gasteiger partial charge in [0, 0.05) is 11.5 Å². The fourth-order valence-electron chi connectivity index (χ4n) is 3.87. The quantitative estimate of drug-likeness (QED) is 0.827. The van der Waals surface area contributed by atoms with Crippen LogP contribution in [0.3, 0.4) is 0 Å². The molecule has 2 aromatic rings. The molecule has 21 heavy (non-hydrogen) atoms. The summed E-state index contributed by atoms with van der Waals surface area (Å²) in [6, 6.07) is 12.7. The summed E-state index contributed by atoms with van der Waals surface area (Å²) >= 11 is 0. The lowest BCUT2D eigenvalue weighted by atomic mass is 9.80. The minimum atomic E-state index is 0.0372. The lowest BCUT2D eigenvalue weighted by Gasteiger charge is -2.36. The number of phenolic OH excluding ortho intramolecular Hbond substituents is 2. The Morgan fingerprint density at radius 3 is 2.48 bits per heavy atom. The molecule has 0 amide bonds. The van der Waals surface area contributed by atoms with Crippen molar-refractivity contribution in [1.29, 1.82) is 0 Å². The SMILES string of the molecule is Oc1ccc(C2Oc3ccc(O)cc3[C@@H]3CCC[C@H]23)cc1. The monoisotopic (exact) mass is 282 g/mol. The molecule has 1 fully saturated rings. The van der Waals surface area contributed by atoms with Crippen molar-refractivity contribution in [2.75, 3.05) is 0 Å². The Labute approximate surface area is 123 Å². The third-order valence-electron chi connectivity index (χ3n) is 4.83. The summed E-state index contributed by atoms with van der Waals surface area (Å²) in [4.78, 5) is 0. The molecule has 1 unspecified atom stereocenters. The van der Waals surface area contributed by atoms with Crippen LogP contribution in [0.25, 0.3) is 0 Å². The van der Waals surface area contributed by atoms with Crippen LogP contribution in [0.1, 0.15) is 42.4 Å². The highest BCUT2D eigenvalue weighted by atomic mass is 16.5. The van der Waals surface area contributed by atoms with Crippen molar-refractivity contribution in [2.45, 2.75) is 31.3 Å². The zero-order chi connectivity index (χ0) is 14.4. The Morgan fingerprint density at radius 2 is 1.67 bits per heavy atom. The summed E-state index contributed by atoms with van der Waals surface area (Å²) < 4.78 is 6.23. The van der Waals surface area contributed by atoms with Gasteiger partial charge in [0.25, 0.3) is 0 Å². The highest BCUT2D eigenvalue weighted by molar-refractivity contribution is 5.45. The fraction of sp³-hybridized carbons (Fsp3) is 0.333. The number of phenols is 2. The van der Waals surface area contributed by atoms with Gasteiger partial charge in [-0.1, -0.05) is 18.6 Å². The maximum absolute atomic E-state index is 9.74. The zero-order valence-corrected chi connectivity index (χ0v) is 11.7. The highest BCUT2D eigenvalue weighted by Crippen LogP contribution is 2.54. The number of hydrogen-bond acceptors (Lipinski definition) is 3. The lowest BCUT2D eigenvalue weighted by Crippen LogP contribution is -2.26. The van der Waals surface area contributed by atoms with E-state index in [0.717, 1.165) is 29.7 Å². The number of ether oxygens (including phenoxy) is 1. The van der Waals surface area contributed by atoms with Gasteiger partial charge >= 0.3 is 0 Å². The van der Waals surface area contributed by atoms with Gasteiger partial charge in [-0.3, -0.25) is 0 Å². The van der Waals surface area contributed by atoms with E-state index < -0.39 is 0 Å². The number of rotatable bonds is 1. The molecule has 2 aromatic carbocycles. The molecule has 1 aliphatic heterocycles. The molecule has 3 nitrogen and oxygen atoms in total. The van der Waals surface area contributed by atoms with E-state index in [1.165, 1.54) is 6.42 Å². The topological polar surface area (TPSA) is 49.7 Å². The Hall–Kier alpha value is -2.16. The van der Waals surface area contributed by atoms with Gasteiger partial charge in [0.05, 0.1) is 0 Å². The van der Waals surface area contributed by atoms with E-state index in [2.05, 4.69) is 0 Å². The van der Waals surface area contributed by atoms with Crippen molar-refractivity contribution in [3.8, 4) is 17.2 Å². The molecule has 1 aliphatic carbocycles. The Bertz CT molecular complexity index is 663. The first-order valence-corrected chi connectivity index (χ1v) is 7.51. The molecule has 2 aliphatic rings. The van der Waals surface area contributed by atoms with Crippen LogP contribution in [-0.2, 0) is 0 Å². The van der Waals surface area contributed by atoms with Crippen molar-refractivity contribution in [2.24, 2.45) is 5.92 Å². The van der Waals surface area contributed by atoms with Crippen LogP contribution >= 0.6 is 0 Å². The van der Waals surface area contributed by atoms with Crippen molar-refractivity contribution in [1.82, 2.24) is 0 Å². The van der Waals surface area contributed by atoms with Crippen LogP contribution in [0.5, 0.6) is 17.2 Å². The largest absolute Gasteiger partial charge is 0.508 e. The second-order valence-corrected chi connectivity index (χ2v) is 6.05. The van der Waals surface area contributed by atoms with Gasteiger partial charge in [-0.2, -0.15) is 0 Å². The molecule has 2 N–H and O–H groups in total. The summed E-state index contributed by atoms with van der Waals surface area (Å²) in [6.45, 7) is 0. The molecule has 1 saturated carbocycles. The maximum atomic E-state index is 9.74. The molecule has 4 rings (SSSR count). The van der Waals surface area contributed by atoms with E-state index in [1.54, 1.807) is 18.2 Å². The van der Waals surface area contributed by atoms with Crippen LogP contribution in [0.4, 0.5) is 0 Å². The minimum Gasteiger partial charge on any atom is -0.508 e. The van der Waals surface area contributed by atoms with E-state index in [1.807, 2.05) is 24.3 Å². The third-order valence-corrected chi connectivity index (χ3v) is 4.83. The van der Waals surface area contributed by atoms with Crippen molar-refractivity contribution in [3.05, 3.63) is 53.6 Å². The predicted molar refractivity (Wildman–Crippen MR) is 79.7 cm³/mol. The number of hydrogen-bond donors (Lipinski definition) is 2. The van der Waals surface area contributed by atoms with Gasteiger partial charge in [0.1, 0.15) is 23.4 Å². The average Bonchev–Trinajstić information content (AvgIpc) is 2.97. The van der Waals surface area contributed by atoms with Gasteiger partial charge in [0.2, 0.25) is 0 Å². The van der Waals surface area contributed by atoms with E-state index in [9.17, 15) is 10.2 Å². The summed E-state index contributed by atoms with van der Waals surface area (Å²) in [7, 11) is 0. The third kappa shape index (κ3) is 2.04. The van der Waals surface area contributed by atoms with Crippen LogP contribution in [-0.4, -0.2) is 10.2 Å². The standard InChI is InChI=1S/C18H18O3/c19-12-6-4-11(5-7-12)18-15-3-1-2-14(15)16-10-13(20)8-9-17(16)21-18/h4-10,14-15,18-20H,1-3H2/t14-,15+,18?/m1/s1. The second kappa shape index (κ2) is 4.69. The lowest BCUT2D eigenvalue weighted by molar-refractivity contribution is 0.104. The van der Waals surface area contributed by atoms with Gasteiger partial charge in [-0.25, -0.2) is 0 Å². The van der Waals surface area contributed by atoms with E-state index >= 15 is 0 Å². The molecule has 0 radical (unpaired) electrons. The highest BCUT2D eigenvalue weighted by Gasteiger charge is 2.41. The van der Waals surface area contributed by atoms with E-state index in [-0.39, 0.29) is 11.9 Å². The average molecular weight is 282 g/mol. The summed E-state index contributed by atoms with van der Waals surface area (Å²) in [5.41, 5.74) is 2.26. The molecule has 1 heterocycles. The number of benzene rings is 2. The smallest absolute Gasteiger partial charge is 0.127 e. The molecule has 3 heteroatoms. The minimum absolute atomic E-state index is 0.0372. The molecule has 0 spiro atoms. The fourth-order valence-corrected chi connectivity index (χ4v) is 3.87. The molecular formula is C18H18O3. The van der Waals surface area contributed by atoms with Gasteiger partial charge in [-0.15, -0.1) is 0 Å². The molecule has 0 bridgehead atoms. The Balaban J connectivity index is 1.77. The molecule has 3 atom stereocenters. The Morgan fingerprint density at radius 1 is 0.905 bits per heavy atom. The van der Waals surface area contributed by atoms with Gasteiger partial charge in [-0.05, 0) is 54.7 Å². The second-order valence-electron chi connectivity index (χ2n) is 6.05. The van der Waals surface area contributed by atoms with Gasteiger partial charge in [0.15, 0.2) is 0 Å². The first-order chi connectivity index (χ1) is 10.2. The van der Waals surface area contributed by atoms with Crippen molar-refractivity contribution >= 4 is 0 Å². The van der Waals surface area contributed by atoms with Crippen LogP contribution in [0.2, 0.25) is 0 Å². The normalized spacial score (nSPS) is 26.8. The van der Waals surface area contributed by atoms with Crippen LogP contribution in [0, 0.1) is 5.92 Å². The molecule has 0 aromatic heterocycles. The maximum Gasteiger partial charge on any atom is 0.127 e. The van der Waals surface area contributed by atoms with Gasteiger partial charge < -0.3 is 14.9 Å². The molecular weight excluding hydrogens is 264 g/mol. The van der Waals surface area contributed by atoms with E-state index in [4.69, 9.17) is 4.74 Å². The summed E-state index contributed by atoms with van der Waals surface area (Å²) in [5.74, 6) is 2.38. The van der Waals surface area contributed by atoms with Crippen LogP contribution < -0.4 is 4.74 Å². The first kappa shape index (κ1) is 12.6. The van der Waals surface area contributed by atoms with E-state index in [0.29, 0.717) is 17.6 Å². The predicted octanol–water partition coefficient (Wildman–Crippen LogP) is 4.12. The molecule has 0 saturated heterocycles. The van der Waals surface area contributed by atoms with Crippen molar-refractivity contribution < 1.29 is 14.9 Å². The summed E-state index contributed by atoms with van der Waals surface area (Å²) in [6.07, 6.45) is 3.53. The van der Waals surface area contributed by atoms with Crippen molar-refractivity contribution in [3.63, 3.8) is 0 Å². The first-order valence-electron chi connectivity index (χ1n) is 7.51. The Kier molecular flexibility index (Phi) is 2.81. The number of aromatic hydroxyl groups is 2.